The van der Waals surface area contributed by atoms with Crippen molar-refractivity contribution < 1.29 is 0 Å². The molecule has 0 aliphatic rings. The second-order valence-corrected chi connectivity index (χ2v) is 11.5. The van der Waals surface area contributed by atoms with Crippen LogP contribution in [0.2, 0.25) is 0 Å². The Morgan fingerprint density at radius 1 is 0.826 bits per heavy atom. The molecule has 0 bridgehead atoms. The summed E-state index contributed by atoms with van der Waals surface area (Å²) >= 11 is 0. The minimum absolute atomic E-state index is 0.186. The van der Waals surface area contributed by atoms with Gasteiger partial charge in [-0.15, -0.1) is 0 Å². The fraction of sp³-hybridized carbons (Fsp3) is 0.400. The van der Waals surface area contributed by atoms with Crippen molar-refractivity contribution in [3.63, 3.8) is 0 Å². The fourth-order valence-corrected chi connectivity index (χ4v) is 7.18. The van der Waals surface area contributed by atoms with Gasteiger partial charge in [0.2, 0.25) is 0 Å². The molecule has 0 atom stereocenters. The van der Waals surface area contributed by atoms with E-state index in [1.165, 1.54) is 5.31 Å². The first-order valence-corrected chi connectivity index (χ1v) is 9.38. The van der Waals surface area contributed by atoms with Gasteiger partial charge >= 0.3 is 0 Å². The van der Waals surface area contributed by atoms with Gasteiger partial charge < -0.3 is 0 Å². The van der Waals surface area contributed by atoms with E-state index >= 15 is 0 Å². The average molecular weight is 326 g/mol. The highest BCUT2D eigenvalue weighted by atomic mass is 31.1. The summed E-state index contributed by atoms with van der Waals surface area (Å²) in [6.45, 7) is 14.0. The van der Waals surface area contributed by atoms with Crippen molar-refractivity contribution in [2.45, 2.75) is 51.9 Å². The lowest BCUT2D eigenvalue weighted by molar-refractivity contribution is 0.715. The highest BCUT2D eigenvalue weighted by Crippen LogP contribution is 2.67. The average Bonchev–Trinajstić information content (AvgIpc) is 2.46. The number of pyridine rings is 2. The molecule has 2 aromatic heterocycles. The summed E-state index contributed by atoms with van der Waals surface area (Å²) < 4.78 is 0. The third-order valence-corrected chi connectivity index (χ3v) is 7.01. The van der Waals surface area contributed by atoms with E-state index in [-0.39, 0.29) is 10.3 Å². The molecule has 0 radical (unpaired) electrons. The van der Waals surface area contributed by atoms with E-state index < -0.39 is 7.92 Å². The van der Waals surface area contributed by atoms with Crippen molar-refractivity contribution in [3.05, 3.63) is 60.2 Å². The monoisotopic (exact) mass is 326 g/mol. The largest absolute Gasteiger partial charge is 0.257 e. The van der Waals surface area contributed by atoms with Gasteiger partial charge in [0.25, 0.3) is 0 Å². The Kier molecular flexibility index (Phi) is 5.37. The quantitative estimate of drug-likeness (QED) is 0.641. The third kappa shape index (κ3) is 4.72. The zero-order chi connectivity index (χ0) is 17.1. The Bertz CT molecular complexity index is 636. The summed E-state index contributed by atoms with van der Waals surface area (Å²) in [4.78, 5) is 9.14. The summed E-state index contributed by atoms with van der Waals surface area (Å²) in [7, 11) is -0.448. The highest BCUT2D eigenvalue weighted by molar-refractivity contribution is 7.71. The van der Waals surface area contributed by atoms with Crippen LogP contribution >= 0.6 is 7.92 Å². The van der Waals surface area contributed by atoms with E-state index in [0.717, 1.165) is 11.4 Å². The molecule has 122 valence electrons. The van der Waals surface area contributed by atoms with Gasteiger partial charge in [-0.1, -0.05) is 61.6 Å². The summed E-state index contributed by atoms with van der Waals surface area (Å²) in [5, 5.41) is 1.69. The van der Waals surface area contributed by atoms with Crippen LogP contribution in [0, 0.1) is 0 Å². The van der Waals surface area contributed by atoms with Crippen LogP contribution in [-0.4, -0.2) is 20.3 Å². The first-order chi connectivity index (χ1) is 10.7. The Labute approximate surface area is 141 Å². The molecule has 0 N–H and O–H groups in total. The van der Waals surface area contributed by atoms with E-state index in [0.29, 0.717) is 0 Å². The minimum atomic E-state index is -0.448. The molecule has 0 unspecified atom stereocenters. The molecule has 2 rings (SSSR count). The summed E-state index contributed by atoms with van der Waals surface area (Å²) in [5.41, 5.74) is 2.06. The third-order valence-electron chi connectivity index (χ3n) is 3.48. The topological polar surface area (TPSA) is 25.8 Å². The fourth-order valence-electron chi connectivity index (χ4n) is 3.10. The normalized spacial score (nSPS) is 13.4. The van der Waals surface area contributed by atoms with Crippen LogP contribution in [0.1, 0.15) is 52.9 Å². The number of hydrogen-bond acceptors (Lipinski definition) is 2. The molecule has 0 aliphatic carbocycles. The van der Waals surface area contributed by atoms with Gasteiger partial charge in [-0.25, -0.2) is 0 Å². The maximum atomic E-state index is 4.64. The lowest BCUT2D eigenvalue weighted by Crippen LogP contribution is -2.25. The lowest BCUT2D eigenvalue weighted by atomic mass is 10.2. The molecule has 3 heteroatoms. The molecule has 2 nitrogen and oxygen atoms in total. The second-order valence-electron chi connectivity index (χ2n) is 7.68. The van der Waals surface area contributed by atoms with Crippen LogP contribution in [-0.2, 0) is 0 Å². The van der Waals surface area contributed by atoms with E-state index in [2.05, 4.69) is 75.8 Å². The van der Waals surface area contributed by atoms with Crippen LogP contribution in [0.3, 0.4) is 0 Å². The van der Waals surface area contributed by atoms with Crippen molar-refractivity contribution in [1.29, 1.82) is 0 Å². The molecular weight excluding hydrogens is 299 g/mol. The van der Waals surface area contributed by atoms with Gasteiger partial charge in [0, 0.05) is 17.7 Å². The molecule has 0 fully saturated rings. The highest BCUT2D eigenvalue weighted by Gasteiger charge is 2.37. The smallest absolute Gasteiger partial charge is 0.0707 e. The van der Waals surface area contributed by atoms with Crippen molar-refractivity contribution in [1.82, 2.24) is 9.97 Å². The molecule has 23 heavy (non-hydrogen) atoms. The van der Waals surface area contributed by atoms with Crippen LogP contribution < -0.4 is 0 Å². The number of nitrogens with zero attached hydrogens (tertiary/aromatic N) is 2. The van der Waals surface area contributed by atoms with Gasteiger partial charge in [-0.2, -0.15) is 0 Å². The molecular formula is C20H27N2P. The van der Waals surface area contributed by atoms with Crippen LogP contribution in [0.4, 0.5) is 0 Å². The Balaban J connectivity index is 2.64. The first kappa shape index (κ1) is 17.8. The van der Waals surface area contributed by atoms with Gasteiger partial charge in [0.15, 0.2) is 0 Å². The van der Waals surface area contributed by atoms with Crippen LogP contribution in [0.15, 0.2) is 48.8 Å². The zero-order valence-corrected chi connectivity index (χ0v) is 15.9. The van der Waals surface area contributed by atoms with Gasteiger partial charge in [-0.05, 0) is 40.7 Å². The molecule has 0 saturated heterocycles. The van der Waals surface area contributed by atoms with Crippen LogP contribution in [0.5, 0.6) is 0 Å². The summed E-state index contributed by atoms with van der Waals surface area (Å²) in [5.74, 6) is 0. The van der Waals surface area contributed by atoms with Gasteiger partial charge in [0.05, 0.1) is 11.4 Å². The predicted molar refractivity (Wildman–Crippen MR) is 103 cm³/mol. The van der Waals surface area contributed by atoms with Crippen molar-refractivity contribution in [2.75, 3.05) is 0 Å². The van der Waals surface area contributed by atoms with E-state index in [9.17, 15) is 0 Å². The molecule has 2 heterocycles. The maximum Gasteiger partial charge on any atom is 0.0707 e. The zero-order valence-electron chi connectivity index (χ0n) is 15.0. The number of hydrogen-bond donors (Lipinski definition) is 0. The Morgan fingerprint density at radius 2 is 1.39 bits per heavy atom. The summed E-state index contributed by atoms with van der Waals surface area (Å²) in [6, 6.07) is 12.2. The van der Waals surface area contributed by atoms with Crippen molar-refractivity contribution in [3.8, 4) is 0 Å². The predicted octanol–water partition coefficient (Wildman–Crippen LogP) is 6.05. The maximum absolute atomic E-state index is 4.64. The van der Waals surface area contributed by atoms with E-state index in [4.69, 9.17) is 0 Å². The van der Waals surface area contributed by atoms with Gasteiger partial charge in [0.1, 0.15) is 0 Å². The van der Waals surface area contributed by atoms with E-state index in [1.54, 1.807) is 0 Å². The molecule has 0 aliphatic heterocycles. The van der Waals surface area contributed by atoms with Crippen LogP contribution in [0.25, 0.3) is 11.4 Å². The molecule has 0 aromatic carbocycles. The molecule has 0 saturated carbocycles. The summed E-state index contributed by atoms with van der Waals surface area (Å²) in [6.07, 6.45) is 5.95. The Morgan fingerprint density at radius 3 is 1.83 bits per heavy atom. The SMILES string of the molecule is CC(C)(C)P(C(=Cc1ccccn1)c1ccccn1)C(C)(C)C. The van der Waals surface area contributed by atoms with Crippen molar-refractivity contribution in [2.24, 2.45) is 0 Å². The standard InChI is InChI=1S/C20H27N2P/c1-19(2,3)23(20(4,5)6)18(17-12-8-10-14-22-17)15-16-11-7-9-13-21-16/h7-15H,1-6H3. The molecule has 0 spiro atoms. The van der Waals surface area contributed by atoms with Gasteiger partial charge in [-0.3, -0.25) is 9.97 Å². The number of rotatable bonds is 3. The molecule has 0 amide bonds. The Hall–Kier alpha value is -1.53. The molecule has 2 aromatic rings. The van der Waals surface area contributed by atoms with Crippen molar-refractivity contribution >= 4 is 19.3 Å². The minimum Gasteiger partial charge on any atom is -0.257 e. The van der Waals surface area contributed by atoms with E-state index in [1.807, 2.05) is 30.6 Å². The first-order valence-electron chi connectivity index (χ1n) is 8.04. The lowest BCUT2D eigenvalue weighted by Gasteiger charge is -2.43. The second kappa shape index (κ2) is 6.93. The number of aromatic nitrogens is 2.